The number of hydrogen-bond acceptors (Lipinski definition) is 4. The standard InChI is InChI=1S/C11H11NO2S/c1-7(15)9(6-12)4-8-2-3-10(13)11(14)5-8/h4-5,14-15H,2-3H2,1H3. The summed E-state index contributed by atoms with van der Waals surface area (Å²) in [6.07, 6.45) is 3.89. The molecule has 1 aliphatic carbocycles. The summed E-state index contributed by atoms with van der Waals surface area (Å²) in [5, 5.41) is 18.0. The number of nitrogens with zero attached hydrogens (tertiary/aromatic N) is 1. The minimum absolute atomic E-state index is 0.235. The third-order valence-corrected chi connectivity index (χ3v) is 2.33. The second-order valence-electron chi connectivity index (χ2n) is 3.28. The Morgan fingerprint density at radius 2 is 2.33 bits per heavy atom. The van der Waals surface area contributed by atoms with Crippen molar-refractivity contribution in [3.8, 4) is 6.07 Å². The summed E-state index contributed by atoms with van der Waals surface area (Å²) < 4.78 is 0. The molecule has 0 aromatic carbocycles. The first-order chi connectivity index (χ1) is 7.04. The Morgan fingerprint density at radius 1 is 1.67 bits per heavy atom. The van der Waals surface area contributed by atoms with Crippen LogP contribution in [0.3, 0.4) is 0 Å². The molecule has 0 amide bonds. The fourth-order valence-corrected chi connectivity index (χ4v) is 1.35. The first-order valence-corrected chi connectivity index (χ1v) is 4.93. The molecule has 0 radical (unpaired) electrons. The van der Waals surface area contributed by atoms with Gasteiger partial charge in [0.25, 0.3) is 0 Å². The molecular formula is C11H11NO2S. The van der Waals surface area contributed by atoms with Gasteiger partial charge in [0.15, 0.2) is 11.5 Å². The summed E-state index contributed by atoms with van der Waals surface area (Å²) in [6.45, 7) is 1.72. The van der Waals surface area contributed by atoms with Gasteiger partial charge in [0, 0.05) is 6.42 Å². The fraction of sp³-hybridized carbons (Fsp3) is 0.273. The van der Waals surface area contributed by atoms with Crippen LogP contribution in [0.4, 0.5) is 0 Å². The lowest BCUT2D eigenvalue weighted by molar-refractivity contribution is -0.118. The number of carbonyl (C=O) groups is 1. The Labute approximate surface area is 93.8 Å². The van der Waals surface area contributed by atoms with Crippen LogP contribution >= 0.6 is 12.6 Å². The van der Waals surface area contributed by atoms with E-state index in [1.165, 1.54) is 6.08 Å². The molecule has 3 nitrogen and oxygen atoms in total. The summed E-state index contributed by atoms with van der Waals surface area (Å²) in [5.41, 5.74) is 1.23. The molecule has 4 heteroatoms. The van der Waals surface area contributed by atoms with E-state index in [0.717, 1.165) is 5.57 Å². The summed E-state index contributed by atoms with van der Waals surface area (Å²) in [6, 6.07) is 2.01. The van der Waals surface area contributed by atoms with Crippen LogP contribution in [0.1, 0.15) is 19.8 Å². The van der Waals surface area contributed by atoms with Crippen molar-refractivity contribution in [2.75, 3.05) is 0 Å². The monoisotopic (exact) mass is 221 g/mol. The van der Waals surface area contributed by atoms with Crippen molar-refractivity contribution in [2.45, 2.75) is 19.8 Å². The molecule has 0 unspecified atom stereocenters. The molecule has 0 fully saturated rings. The largest absolute Gasteiger partial charge is 0.504 e. The van der Waals surface area contributed by atoms with E-state index in [-0.39, 0.29) is 11.5 Å². The molecule has 0 spiro atoms. The molecule has 78 valence electrons. The topological polar surface area (TPSA) is 61.1 Å². The zero-order chi connectivity index (χ0) is 11.4. The predicted octanol–water partition coefficient (Wildman–Crippen LogP) is 2.44. The summed E-state index contributed by atoms with van der Waals surface area (Å²) >= 11 is 4.08. The smallest absolute Gasteiger partial charge is 0.197 e. The maximum Gasteiger partial charge on any atom is 0.197 e. The lowest BCUT2D eigenvalue weighted by Gasteiger charge is -2.09. The normalized spacial score (nSPS) is 20.7. The van der Waals surface area contributed by atoms with Crippen molar-refractivity contribution < 1.29 is 9.90 Å². The number of ketones is 1. The molecule has 0 saturated carbocycles. The number of nitriles is 1. The van der Waals surface area contributed by atoms with Crippen LogP contribution in [0.15, 0.2) is 34.0 Å². The Hall–Kier alpha value is -1.47. The Bertz CT molecular complexity index is 420. The van der Waals surface area contributed by atoms with E-state index >= 15 is 0 Å². The molecule has 1 N–H and O–H groups in total. The van der Waals surface area contributed by atoms with Crippen LogP contribution in [0, 0.1) is 11.3 Å². The average molecular weight is 221 g/mol. The highest BCUT2D eigenvalue weighted by Crippen LogP contribution is 2.21. The van der Waals surface area contributed by atoms with E-state index in [1.807, 2.05) is 6.07 Å². The van der Waals surface area contributed by atoms with Gasteiger partial charge >= 0.3 is 0 Å². The van der Waals surface area contributed by atoms with Gasteiger partial charge in [0.2, 0.25) is 0 Å². The number of allylic oxidation sites excluding steroid dienone is 6. The van der Waals surface area contributed by atoms with Crippen molar-refractivity contribution >= 4 is 18.4 Å². The van der Waals surface area contributed by atoms with Crippen LogP contribution in [0.25, 0.3) is 0 Å². The summed E-state index contributed by atoms with van der Waals surface area (Å²) in [4.78, 5) is 11.6. The Morgan fingerprint density at radius 3 is 2.80 bits per heavy atom. The minimum Gasteiger partial charge on any atom is -0.504 e. The molecule has 1 rings (SSSR count). The third kappa shape index (κ3) is 3.00. The van der Waals surface area contributed by atoms with E-state index in [9.17, 15) is 9.90 Å². The number of carbonyl (C=O) groups excluding carboxylic acids is 1. The highest BCUT2D eigenvalue weighted by molar-refractivity contribution is 7.84. The Kier molecular flexibility index (Phi) is 3.75. The molecule has 0 saturated heterocycles. The highest BCUT2D eigenvalue weighted by atomic mass is 32.1. The van der Waals surface area contributed by atoms with Gasteiger partial charge in [-0.15, -0.1) is 12.6 Å². The minimum atomic E-state index is -0.253. The maximum atomic E-state index is 11.0. The SMILES string of the molecule is CC(S)=C(C#N)C=C1C=C(O)C(=O)CC1. The lowest BCUT2D eigenvalue weighted by atomic mass is 9.98. The van der Waals surface area contributed by atoms with Gasteiger partial charge in [-0.1, -0.05) is 0 Å². The molecule has 0 atom stereocenters. The molecule has 0 heterocycles. The second-order valence-corrected chi connectivity index (χ2v) is 3.95. The number of hydrogen-bond donors (Lipinski definition) is 2. The van der Waals surface area contributed by atoms with Gasteiger partial charge in [0.05, 0.1) is 11.6 Å². The van der Waals surface area contributed by atoms with Crippen LogP contribution in [0.5, 0.6) is 0 Å². The molecule has 1 aliphatic rings. The number of thiol groups is 1. The number of Topliss-reactive ketones (excluding diaryl/α,β-unsaturated/α-hetero) is 1. The molecule has 0 aromatic heterocycles. The van der Waals surface area contributed by atoms with E-state index in [0.29, 0.717) is 23.3 Å². The molecule has 15 heavy (non-hydrogen) atoms. The first-order valence-electron chi connectivity index (χ1n) is 4.49. The van der Waals surface area contributed by atoms with E-state index in [4.69, 9.17) is 5.26 Å². The van der Waals surface area contributed by atoms with E-state index < -0.39 is 0 Å². The van der Waals surface area contributed by atoms with Crippen molar-refractivity contribution in [2.24, 2.45) is 0 Å². The summed E-state index contributed by atoms with van der Waals surface area (Å²) in [5.74, 6) is -0.487. The second kappa shape index (κ2) is 4.85. The third-order valence-electron chi connectivity index (χ3n) is 2.09. The average Bonchev–Trinajstić information content (AvgIpc) is 2.19. The first kappa shape index (κ1) is 11.6. The fourth-order valence-electron chi connectivity index (χ4n) is 1.23. The number of aliphatic hydroxyl groups excluding tert-OH is 1. The van der Waals surface area contributed by atoms with Crippen molar-refractivity contribution in [1.82, 2.24) is 0 Å². The van der Waals surface area contributed by atoms with Crippen LogP contribution in [-0.4, -0.2) is 10.9 Å². The van der Waals surface area contributed by atoms with Crippen molar-refractivity contribution in [1.29, 1.82) is 5.26 Å². The van der Waals surface area contributed by atoms with Crippen molar-refractivity contribution in [3.63, 3.8) is 0 Å². The van der Waals surface area contributed by atoms with Crippen LogP contribution < -0.4 is 0 Å². The van der Waals surface area contributed by atoms with Gasteiger partial charge in [-0.25, -0.2) is 0 Å². The lowest BCUT2D eigenvalue weighted by Crippen LogP contribution is -2.07. The molecule has 0 aromatic rings. The van der Waals surface area contributed by atoms with E-state index in [1.54, 1.807) is 13.0 Å². The quantitative estimate of drug-likeness (QED) is 0.528. The van der Waals surface area contributed by atoms with Crippen LogP contribution in [0.2, 0.25) is 0 Å². The van der Waals surface area contributed by atoms with Gasteiger partial charge in [0.1, 0.15) is 0 Å². The molecular weight excluding hydrogens is 210 g/mol. The zero-order valence-corrected chi connectivity index (χ0v) is 9.21. The summed E-state index contributed by atoms with van der Waals surface area (Å²) in [7, 11) is 0. The van der Waals surface area contributed by atoms with Gasteiger partial charge in [-0.05, 0) is 36.0 Å². The zero-order valence-electron chi connectivity index (χ0n) is 8.32. The molecule has 0 aliphatic heterocycles. The van der Waals surface area contributed by atoms with Gasteiger partial charge < -0.3 is 5.11 Å². The van der Waals surface area contributed by atoms with Gasteiger partial charge in [-0.3, -0.25) is 4.79 Å². The van der Waals surface area contributed by atoms with Crippen molar-refractivity contribution in [3.05, 3.63) is 34.0 Å². The number of rotatable bonds is 1. The van der Waals surface area contributed by atoms with E-state index in [2.05, 4.69) is 12.6 Å². The highest BCUT2D eigenvalue weighted by Gasteiger charge is 2.15. The van der Waals surface area contributed by atoms with Gasteiger partial charge in [-0.2, -0.15) is 5.26 Å². The van der Waals surface area contributed by atoms with Crippen LogP contribution in [-0.2, 0) is 4.79 Å². The molecule has 0 bridgehead atoms. The predicted molar refractivity (Wildman–Crippen MR) is 60.3 cm³/mol. The maximum absolute atomic E-state index is 11.0. The number of aliphatic hydroxyl groups is 1. The Balaban J connectivity index is 3.02.